The number of thiazole rings is 1. The van der Waals surface area contributed by atoms with Crippen molar-refractivity contribution in [2.24, 2.45) is 5.92 Å². The highest BCUT2D eigenvalue weighted by molar-refractivity contribution is 7.84. The van der Waals surface area contributed by atoms with Crippen molar-refractivity contribution >= 4 is 33.7 Å². The molecule has 1 saturated heterocycles. The first-order valence-electron chi connectivity index (χ1n) is 4.90. The minimum atomic E-state index is -0.776. The highest BCUT2D eigenvalue weighted by Gasteiger charge is 2.17. The van der Waals surface area contributed by atoms with E-state index in [0.29, 0.717) is 16.1 Å². The van der Waals surface area contributed by atoms with Gasteiger partial charge in [-0.2, -0.15) is 0 Å². The fraction of sp³-hybridized carbons (Fsp3) is 0.667. The lowest BCUT2D eigenvalue weighted by molar-refractivity contribution is 0.632. The maximum absolute atomic E-state index is 11.8. The monoisotopic (exact) mass is 264 g/mol. The van der Waals surface area contributed by atoms with Crippen molar-refractivity contribution in [3.8, 4) is 0 Å². The minimum absolute atomic E-state index is 0.532. The standard InChI is InChI=1S/C9H13ClN2OS2/c10-9-12-4-8(14-9)6-15(13)5-7-1-2-11-3-7/h4,7,11H,1-3,5-6H2/t7-,15+/m0/s1. The van der Waals surface area contributed by atoms with Crippen LogP contribution < -0.4 is 5.32 Å². The van der Waals surface area contributed by atoms with Crippen LogP contribution in [0.15, 0.2) is 6.20 Å². The summed E-state index contributed by atoms with van der Waals surface area (Å²) in [6.07, 6.45) is 2.87. The average Bonchev–Trinajstić information content (AvgIpc) is 2.77. The Hall–Kier alpha value is 0.0300. The van der Waals surface area contributed by atoms with Crippen LogP contribution in [0.5, 0.6) is 0 Å². The zero-order chi connectivity index (χ0) is 10.7. The number of nitrogens with zero attached hydrogens (tertiary/aromatic N) is 1. The Morgan fingerprint density at radius 2 is 2.60 bits per heavy atom. The van der Waals surface area contributed by atoms with Gasteiger partial charge in [-0.3, -0.25) is 4.21 Å². The fourth-order valence-corrected chi connectivity index (χ4v) is 4.41. The van der Waals surface area contributed by atoms with Crippen molar-refractivity contribution in [2.75, 3.05) is 18.8 Å². The Balaban J connectivity index is 1.81. The van der Waals surface area contributed by atoms with E-state index in [2.05, 4.69) is 10.3 Å². The first kappa shape index (κ1) is 11.5. The van der Waals surface area contributed by atoms with Gasteiger partial charge < -0.3 is 5.32 Å². The molecule has 1 aliphatic heterocycles. The lowest BCUT2D eigenvalue weighted by Crippen LogP contribution is -2.15. The molecule has 1 fully saturated rings. The Bertz CT molecular complexity index is 350. The van der Waals surface area contributed by atoms with Gasteiger partial charge >= 0.3 is 0 Å². The minimum Gasteiger partial charge on any atom is -0.316 e. The van der Waals surface area contributed by atoms with Crippen molar-refractivity contribution in [1.29, 1.82) is 0 Å². The quantitative estimate of drug-likeness (QED) is 0.899. The zero-order valence-electron chi connectivity index (χ0n) is 8.24. The second-order valence-electron chi connectivity index (χ2n) is 3.69. The van der Waals surface area contributed by atoms with Crippen LogP contribution in [0.4, 0.5) is 0 Å². The molecule has 1 aromatic rings. The van der Waals surface area contributed by atoms with Crippen molar-refractivity contribution in [1.82, 2.24) is 10.3 Å². The fourth-order valence-electron chi connectivity index (χ4n) is 1.69. The number of hydrogen-bond donors (Lipinski definition) is 1. The normalized spacial score (nSPS) is 23.1. The molecule has 2 heterocycles. The van der Waals surface area contributed by atoms with Crippen LogP contribution in [0.25, 0.3) is 0 Å². The summed E-state index contributed by atoms with van der Waals surface area (Å²) in [4.78, 5) is 4.96. The summed E-state index contributed by atoms with van der Waals surface area (Å²) in [7, 11) is -0.776. The van der Waals surface area contributed by atoms with Crippen LogP contribution in [0, 0.1) is 5.92 Å². The molecule has 84 valence electrons. The zero-order valence-corrected chi connectivity index (χ0v) is 10.6. The molecule has 0 spiro atoms. The summed E-state index contributed by atoms with van der Waals surface area (Å²) in [5, 5.41) is 3.28. The Morgan fingerprint density at radius 1 is 1.73 bits per heavy atom. The summed E-state index contributed by atoms with van der Waals surface area (Å²) >= 11 is 7.13. The van der Waals surface area contributed by atoms with Gasteiger partial charge in [0.1, 0.15) is 0 Å². The van der Waals surface area contributed by atoms with E-state index in [1.807, 2.05) is 0 Å². The van der Waals surface area contributed by atoms with E-state index in [9.17, 15) is 4.21 Å². The summed E-state index contributed by atoms with van der Waals surface area (Å²) < 4.78 is 12.3. The Labute approximate surface area is 101 Å². The van der Waals surface area contributed by atoms with Crippen LogP contribution >= 0.6 is 22.9 Å². The Morgan fingerprint density at radius 3 is 3.20 bits per heavy atom. The molecule has 0 saturated carbocycles. The SMILES string of the molecule is O=[S@@](Cc1cnc(Cl)s1)C[C@H]1CCNC1. The molecule has 0 aromatic carbocycles. The van der Waals surface area contributed by atoms with E-state index in [4.69, 9.17) is 11.6 Å². The van der Waals surface area contributed by atoms with E-state index in [-0.39, 0.29) is 0 Å². The molecule has 0 radical (unpaired) electrons. The topological polar surface area (TPSA) is 42.0 Å². The molecule has 1 aliphatic rings. The van der Waals surface area contributed by atoms with Crippen LogP contribution in [-0.4, -0.2) is 28.0 Å². The van der Waals surface area contributed by atoms with Gasteiger partial charge in [-0.15, -0.1) is 11.3 Å². The van der Waals surface area contributed by atoms with E-state index < -0.39 is 10.8 Å². The summed E-state index contributed by atoms with van der Waals surface area (Å²) in [5.41, 5.74) is 0. The molecule has 0 bridgehead atoms. The summed E-state index contributed by atoms with van der Waals surface area (Å²) in [6.45, 7) is 2.07. The third-order valence-corrected chi connectivity index (χ3v) is 5.19. The van der Waals surface area contributed by atoms with Gasteiger partial charge in [0, 0.05) is 27.6 Å². The smallest absolute Gasteiger partial charge is 0.183 e. The lowest BCUT2D eigenvalue weighted by Gasteiger charge is -2.06. The van der Waals surface area contributed by atoms with Crippen molar-refractivity contribution in [3.05, 3.63) is 15.5 Å². The maximum atomic E-state index is 11.8. The van der Waals surface area contributed by atoms with Crippen molar-refractivity contribution in [2.45, 2.75) is 12.2 Å². The molecule has 15 heavy (non-hydrogen) atoms. The molecule has 6 heteroatoms. The molecule has 0 amide bonds. The molecular formula is C9H13ClN2OS2. The van der Waals surface area contributed by atoms with Crippen molar-refractivity contribution < 1.29 is 4.21 Å². The van der Waals surface area contributed by atoms with Gasteiger partial charge in [-0.1, -0.05) is 11.6 Å². The number of nitrogens with one attached hydrogen (secondary N) is 1. The molecule has 0 unspecified atom stereocenters. The number of rotatable bonds is 4. The molecule has 1 N–H and O–H groups in total. The molecule has 2 atom stereocenters. The average molecular weight is 265 g/mol. The summed E-state index contributed by atoms with van der Waals surface area (Å²) in [6, 6.07) is 0. The third kappa shape index (κ3) is 3.52. The predicted molar refractivity (Wildman–Crippen MR) is 64.8 cm³/mol. The third-order valence-electron chi connectivity index (χ3n) is 2.41. The van der Waals surface area contributed by atoms with Gasteiger partial charge in [0.2, 0.25) is 0 Å². The molecule has 2 rings (SSSR count). The lowest BCUT2D eigenvalue weighted by atomic mass is 10.2. The summed E-state index contributed by atoms with van der Waals surface area (Å²) in [5.74, 6) is 1.97. The predicted octanol–water partition coefficient (Wildman–Crippen LogP) is 1.65. The van der Waals surface area contributed by atoms with E-state index >= 15 is 0 Å². The second kappa shape index (κ2) is 5.39. The second-order valence-corrected chi connectivity index (χ2v) is 6.89. The van der Waals surface area contributed by atoms with E-state index in [1.165, 1.54) is 11.3 Å². The van der Waals surface area contributed by atoms with Crippen LogP contribution in [0.2, 0.25) is 4.47 Å². The van der Waals surface area contributed by atoms with Crippen LogP contribution in [-0.2, 0) is 16.6 Å². The van der Waals surface area contributed by atoms with Crippen molar-refractivity contribution in [3.63, 3.8) is 0 Å². The van der Waals surface area contributed by atoms with Gasteiger partial charge in [-0.05, 0) is 25.4 Å². The highest BCUT2D eigenvalue weighted by atomic mass is 35.5. The van der Waals surface area contributed by atoms with E-state index in [0.717, 1.165) is 30.1 Å². The first-order valence-corrected chi connectivity index (χ1v) is 7.58. The largest absolute Gasteiger partial charge is 0.316 e. The van der Waals surface area contributed by atoms with Gasteiger partial charge in [0.15, 0.2) is 4.47 Å². The highest BCUT2D eigenvalue weighted by Crippen LogP contribution is 2.20. The molecule has 0 aliphatic carbocycles. The molecule has 1 aromatic heterocycles. The molecule has 3 nitrogen and oxygen atoms in total. The Kier molecular flexibility index (Phi) is 4.13. The number of aromatic nitrogens is 1. The first-order chi connectivity index (χ1) is 7.24. The molecular weight excluding hydrogens is 252 g/mol. The van der Waals surface area contributed by atoms with Gasteiger partial charge in [-0.25, -0.2) is 4.98 Å². The van der Waals surface area contributed by atoms with Crippen LogP contribution in [0.1, 0.15) is 11.3 Å². The van der Waals surface area contributed by atoms with Crippen LogP contribution in [0.3, 0.4) is 0 Å². The van der Waals surface area contributed by atoms with Gasteiger partial charge in [0.25, 0.3) is 0 Å². The van der Waals surface area contributed by atoms with E-state index in [1.54, 1.807) is 6.20 Å². The number of halogens is 1. The van der Waals surface area contributed by atoms with Gasteiger partial charge in [0.05, 0.1) is 5.75 Å². The number of hydrogen-bond acceptors (Lipinski definition) is 4. The maximum Gasteiger partial charge on any atom is 0.183 e.